The van der Waals surface area contributed by atoms with E-state index in [1.165, 1.54) is 17.7 Å². The van der Waals surface area contributed by atoms with Gasteiger partial charge in [0, 0.05) is 6.07 Å². The lowest BCUT2D eigenvalue weighted by molar-refractivity contribution is 0.408. The Bertz CT molecular complexity index is 697. The molecule has 3 rings (SSSR count). The molecule has 0 amide bonds. The largest absolute Gasteiger partial charge is 0.353 e. The number of anilines is 1. The Morgan fingerprint density at radius 1 is 1.00 bits per heavy atom. The van der Waals surface area contributed by atoms with E-state index in [1.54, 1.807) is 0 Å². The molecule has 0 bridgehead atoms. The average molecular weight is 332 g/mol. The molecular formula is C18H18F2N2S. The molecule has 0 unspecified atom stereocenters. The van der Waals surface area contributed by atoms with E-state index in [2.05, 4.69) is 22.8 Å². The van der Waals surface area contributed by atoms with Crippen LogP contribution in [0.5, 0.6) is 0 Å². The van der Waals surface area contributed by atoms with Crippen LogP contribution in [0, 0.1) is 11.6 Å². The Balaban J connectivity index is 1.77. The van der Waals surface area contributed by atoms with Crippen molar-refractivity contribution >= 4 is 23.0 Å². The van der Waals surface area contributed by atoms with Crippen LogP contribution in [0.15, 0.2) is 48.5 Å². The molecule has 0 spiro atoms. The number of halogens is 2. The van der Waals surface area contributed by atoms with Crippen molar-refractivity contribution in [3.8, 4) is 0 Å². The van der Waals surface area contributed by atoms with Gasteiger partial charge < -0.3 is 10.6 Å². The number of hydrogen-bond acceptors (Lipinski definition) is 1. The van der Waals surface area contributed by atoms with E-state index in [1.807, 2.05) is 18.2 Å². The maximum atomic E-state index is 13.8. The number of nitrogens with one attached hydrogen (secondary N) is 2. The minimum absolute atomic E-state index is 0.171. The summed E-state index contributed by atoms with van der Waals surface area (Å²) < 4.78 is 26.7. The predicted molar refractivity (Wildman–Crippen MR) is 92.3 cm³/mol. The van der Waals surface area contributed by atoms with Crippen molar-refractivity contribution in [2.45, 2.75) is 31.2 Å². The molecule has 1 aliphatic carbocycles. The zero-order chi connectivity index (χ0) is 16.3. The molecule has 1 saturated carbocycles. The highest BCUT2D eigenvalue weighted by molar-refractivity contribution is 7.80. The van der Waals surface area contributed by atoms with Gasteiger partial charge in [-0.2, -0.15) is 0 Å². The summed E-state index contributed by atoms with van der Waals surface area (Å²) >= 11 is 5.35. The second-order valence-electron chi connectivity index (χ2n) is 5.86. The van der Waals surface area contributed by atoms with Crippen molar-refractivity contribution < 1.29 is 8.78 Å². The predicted octanol–water partition coefficient (Wildman–Crippen LogP) is 4.72. The minimum Gasteiger partial charge on any atom is -0.353 e. The average Bonchev–Trinajstić information content (AvgIpc) is 3.01. The highest BCUT2D eigenvalue weighted by Gasteiger charge is 2.36. The van der Waals surface area contributed by atoms with Gasteiger partial charge in [-0.25, -0.2) is 8.78 Å². The number of thiocarbonyl (C=S) groups is 1. The lowest BCUT2D eigenvalue weighted by atomic mass is 9.88. The Kier molecular flexibility index (Phi) is 4.57. The van der Waals surface area contributed by atoms with E-state index in [0.29, 0.717) is 5.11 Å². The zero-order valence-corrected chi connectivity index (χ0v) is 13.4. The summed E-state index contributed by atoms with van der Waals surface area (Å²) in [6.45, 7) is 0. The van der Waals surface area contributed by atoms with Crippen molar-refractivity contribution in [3.63, 3.8) is 0 Å². The van der Waals surface area contributed by atoms with Gasteiger partial charge in [0.1, 0.15) is 11.6 Å². The van der Waals surface area contributed by atoms with E-state index in [4.69, 9.17) is 12.2 Å². The van der Waals surface area contributed by atoms with Crippen molar-refractivity contribution in [2.24, 2.45) is 0 Å². The Morgan fingerprint density at radius 3 is 2.35 bits per heavy atom. The molecule has 0 radical (unpaired) electrons. The van der Waals surface area contributed by atoms with E-state index >= 15 is 0 Å². The highest BCUT2D eigenvalue weighted by atomic mass is 32.1. The number of benzene rings is 2. The molecule has 2 N–H and O–H groups in total. The molecule has 1 aliphatic rings. The third-order valence-corrected chi connectivity index (χ3v) is 4.52. The smallest absolute Gasteiger partial charge is 0.171 e. The fraction of sp³-hybridized carbons (Fsp3) is 0.278. The van der Waals surface area contributed by atoms with Gasteiger partial charge in [0.15, 0.2) is 5.11 Å². The lowest BCUT2D eigenvalue weighted by Crippen LogP contribution is -2.45. The summed E-state index contributed by atoms with van der Waals surface area (Å²) in [6.07, 6.45) is 4.19. The molecule has 2 aromatic rings. The van der Waals surface area contributed by atoms with Crippen molar-refractivity contribution in [1.29, 1.82) is 0 Å². The first-order valence-corrected chi connectivity index (χ1v) is 8.10. The molecule has 0 atom stereocenters. The monoisotopic (exact) mass is 332 g/mol. The van der Waals surface area contributed by atoms with Gasteiger partial charge in [-0.3, -0.25) is 0 Å². The first-order valence-electron chi connectivity index (χ1n) is 7.69. The van der Waals surface area contributed by atoms with Crippen LogP contribution in [0.3, 0.4) is 0 Å². The summed E-state index contributed by atoms with van der Waals surface area (Å²) in [7, 11) is 0. The summed E-state index contributed by atoms with van der Waals surface area (Å²) in [5.74, 6) is -1.27. The number of hydrogen-bond donors (Lipinski definition) is 2. The van der Waals surface area contributed by atoms with Crippen LogP contribution in [-0.4, -0.2) is 5.11 Å². The second-order valence-corrected chi connectivity index (χ2v) is 6.27. The molecule has 0 aromatic heterocycles. The van der Waals surface area contributed by atoms with Crippen LogP contribution in [0.25, 0.3) is 0 Å². The summed E-state index contributed by atoms with van der Waals surface area (Å²) in [5, 5.41) is 6.54. The van der Waals surface area contributed by atoms with Gasteiger partial charge in [0.2, 0.25) is 0 Å². The Morgan fingerprint density at radius 2 is 1.70 bits per heavy atom. The molecule has 0 aliphatic heterocycles. The quantitative estimate of drug-likeness (QED) is 0.795. The third-order valence-electron chi connectivity index (χ3n) is 4.32. The van der Waals surface area contributed by atoms with E-state index in [0.717, 1.165) is 31.7 Å². The van der Waals surface area contributed by atoms with E-state index in [9.17, 15) is 8.78 Å². The van der Waals surface area contributed by atoms with Gasteiger partial charge in [0.25, 0.3) is 0 Å². The van der Waals surface area contributed by atoms with Crippen LogP contribution < -0.4 is 10.6 Å². The Labute approximate surface area is 139 Å². The summed E-state index contributed by atoms with van der Waals surface area (Å²) in [5.41, 5.74) is 1.13. The summed E-state index contributed by atoms with van der Waals surface area (Å²) in [4.78, 5) is 0. The molecule has 23 heavy (non-hydrogen) atoms. The molecule has 0 heterocycles. The molecule has 5 heteroatoms. The van der Waals surface area contributed by atoms with Crippen LogP contribution in [0.4, 0.5) is 14.5 Å². The standard InChI is InChI=1S/C18H18F2N2S/c19-14-8-9-16(15(20)12-14)21-17(23)22-18(10-4-5-11-18)13-6-2-1-3-7-13/h1-3,6-9,12H,4-5,10-11H2,(H2,21,22,23). The fourth-order valence-electron chi connectivity index (χ4n) is 3.18. The molecule has 2 aromatic carbocycles. The summed E-state index contributed by atoms with van der Waals surface area (Å²) in [6, 6.07) is 13.6. The second kappa shape index (κ2) is 6.62. The normalized spacial score (nSPS) is 16.1. The Hall–Kier alpha value is -2.01. The van der Waals surface area contributed by atoms with Crippen LogP contribution >= 0.6 is 12.2 Å². The SMILES string of the molecule is Fc1ccc(NC(=S)NC2(c3ccccc3)CCCC2)c(F)c1. The fourth-order valence-corrected chi connectivity index (χ4v) is 3.49. The van der Waals surface area contributed by atoms with Gasteiger partial charge in [0.05, 0.1) is 11.2 Å². The van der Waals surface area contributed by atoms with Gasteiger partial charge in [-0.05, 0) is 42.8 Å². The topological polar surface area (TPSA) is 24.1 Å². The molecular weight excluding hydrogens is 314 g/mol. The van der Waals surface area contributed by atoms with Gasteiger partial charge >= 0.3 is 0 Å². The van der Waals surface area contributed by atoms with Crippen molar-refractivity contribution in [1.82, 2.24) is 5.32 Å². The maximum absolute atomic E-state index is 13.8. The van der Waals surface area contributed by atoms with Crippen LogP contribution in [0.1, 0.15) is 31.2 Å². The molecule has 2 nitrogen and oxygen atoms in total. The molecule has 0 saturated heterocycles. The van der Waals surface area contributed by atoms with Crippen LogP contribution in [0.2, 0.25) is 0 Å². The van der Waals surface area contributed by atoms with E-state index < -0.39 is 11.6 Å². The molecule has 1 fully saturated rings. The minimum atomic E-state index is -0.658. The third kappa shape index (κ3) is 3.50. The zero-order valence-electron chi connectivity index (χ0n) is 12.6. The lowest BCUT2D eigenvalue weighted by Gasteiger charge is -2.32. The number of rotatable bonds is 3. The highest BCUT2D eigenvalue weighted by Crippen LogP contribution is 2.38. The van der Waals surface area contributed by atoms with Crippen molar-refractivity contribution in [2.75, 3.05) is 5.32 Å². The molecule has 120 valence electrons. The van der Waals surface area contributed by atoms with Gasteiger partial charge in [-0.1, -0.05) is 43.2 Å². The van der Waals surface area contributed by atoms with Crippen LogP contribution in [-0.2, 0) is 5.54 Å². The first kappa shape index (κ1) is 15.9. The maximum Gasteiger partial charge on any atom is 0.171 e. The first-order chi connectivity index (χ1) is 11.1. The van der Waals surface area contributed by atoms with Crippen molar-refractivity contribution in [3.05, 3.63) is 65.7 Å². The van der Waals surface area contributed by atoms with E-state index in [-0.39, 0.29) is 11.2 Å². The van der Waals surface area contributed by atoms with Gasteiger partial charge in [-0.15, -0.1) is 0 Å².